The van der Waals surface area contributed by atoms with Gasteiger partial charge in [-0.05, 0) is 58.7 Å². The molecule has 2 heteroatoms. The summed E-state index contributed by atoms with van der Waals surface area (Å²) in [6.45, 7) is 5.64. The first-order valence-electron chi connectivity index (χ1n) is 9.54. The first-order chi connectivity index (χ1) is 13.2. The minimum Gasteiger partial charge on any atom is -0.493 e. The molecule has 0 amide bonds. The van der Waals surface area contributed by atoms with Gasteiger partial charge in [0.05, 0.1) is 13.2 Å². The van der Waals surface area contributed by atoms with E-state index in [1.807, 2.05) is 0 Å². The molecule has 1 heterocycles. The van der Waals surface area contributed by atoms with E-state index in [4.69, 9.17) is 9.47 Å². The van der Waals surface area contributed by atoms with Crippen molar-refractivity contribution in [3.63, 3.8) is 0 Å². The Bertz CT molecular complexity index is 1080. The third-order valence-electron chi connectivity index (χ3n) is 5.48. The molecule has 0 spiro atoms. The van der Waals surface area contributed by atoms with Gasteiger partial charge in [0, 0.05) is 17.5 Å². The Balaban J connectivity index is 2.00. The molecule has 0 atom stereocenters. The van der Waals surface area contributed by atoms with Gasteiger partial charge < -0.3 is 9.47 Å². The first-order valence-corrected chi connectivity index (χ1v) is 9.54. The molecular weight excluding hydrogens is 332 g/mol. The SMILES string of the molecule is Cc1cc2c(c3ccccc13)-c1c(cc(C)c3ccccc13)OCCCO2. The van der Waals surface area contributed by atoms with Gasteiger partial charge in [0.1, 0.15) is 11.5 Å². The molecule has 1 aliphatic heterocycles. The Morgan fingerprint density at radius 3 is 1.44 bits per heavy atom. The van der Waals surface area contributed by atoms with Gasteiger partial charge in [-0.1, -0.05) is 48.5 Å². The Kier molecular flexibility index (Phi) is 3.78. The molecule has 4 aromatic carbocycles. The molecule has 0 N–H and O–H groups in total. The summed E-state index contributed by atoms with van der Waals surface area (Å²) in [6.07, 6.45) is 0.872. The van der Waals surface area contributed by atoms with E-state index in [1.54, 1.807) is 0 Å². The van der Waals surface area contributed by atoms with Gasteiger partial charge >= 0.3 is 0 Å². The fraction of sp³-hybridized carbons (Fsp3) is 0.200. The summed E-state index contributed by atoms with van der Waals surface area (Å²) in [4.78, 5) is 0. The molecule has 0 fully saturated rings. The molecular formula is C25H22O2. The van der Waals surface area contributed by atoms with E-state index in [1.165, 1.54) is 32.7 Å². The largest absolute Gasteiger partial charge is 0.493 e. The van der Waals surface area contributed by atoms with E-state index >= 15 is 0 Å². The van der Waals surface area contributed by atoms with Gasteiger partial charge in [0.15, 0.2) is 0 Å². The molecule has 0 saturated heterocycles. The van der Waals surface area contributed by atoms with Crippen molar-refractivity contribution in [1.29, 1.82) is 0 Å². The Morgan fingerprint density at radius 2 is 1.00 bits per heavy atom. The van der Waals surface area contributed by atoms with Crippen molar-refractivity contribution in [1.82, 2.24) is 0 Å². The summed E-state index contributed by atoms with van der Waals surface area (Å²) < 4.78 is 12.5. The molecule has 5 rings (SSSR count). The number of aryl methyl sites for hydroxylation is 2. The second-order valence-corrected chi connectivity index (χ2v) is 7.27. The molecule has 0 unspecified atom stereocenters. The van der Waals surface area contributed by atoms with Crippen LogP contribution in [0.15, 0.2) is 60.7 Å². The number of hydrogen-bond donors (Lipinski definition) is 0. The molecule has 0 saturated carbocycles. The summed E-state index contributed by atoms with van der Waals surface area (Å²) >= 11 is 0. The fourth-order valence-electron chi connectivity index (χ4n) is 4.22. The molecule has 4 aromatic rings. The number of hydrogen-bond acceptors (Lipinski definition) is 2. The van der Waals surface area contributed by atoms with Crippen LogP contribution in [0.4, 0.5) is 0 Å². The smallest absolute Gasteiger partial charge is 0.128 e. The normalized spacial score (nSPS) is 13.7. The van der Waals surface area contributed by atoms with Gasteiger partial charge in [-0.25, -0.2) is 0 Å². The van der Waals surface area contributed by atoms with Crippen LogP contribution in [-0.2, 0) is 0 Å². The Hall–Kier alpha value is -3.00. The predicted molar refractivity (Wildman–Crippen MR) is 112 cm³/mol. The van der Waals surface area contributed by atoms with E-state index < -0.39 is 0 Å². The third-order valence-corrected chi connectivity index (χ3v) is 5.48. The van der Waals surface area contributed by atoms with Crippen LogP contribution >= 0.6 is 0 Å². The van der Waals surface area contributed by atoms with Gasteiger partial charge in [0.25, 0.3) is 0 Å². The van der Waals surface area contributed by atoms with Gasteiger partial charge in [-0.3, -0.25) is 0 Å². The molecule has 0 aliphatic carbocycles. The van der Waals surface area contributed by atoms with Crippen LogP contribution in [0, 0.1) is 13.8 Å². The van der Waals surface area contributed by atoms with Gasteiger partial charge in [-0.2, -0.15) is 0 Å². The number of benzene rings is 4. The zero-order valence-electron chi connectivity index (χ0n) is 15.7. The maximum Gasteiger partial charge on any atom is 0.128 e. The highest BCUT2D eigenvalue weighted by atomic mass is 16.5. The van der Waals surface area contributed by atoms with Crippen molar-refractivity contribution in [2.45, 2.75) is 20.3 Å². The van der Waals surface area contributed by atoms with Crippen molar-refractivity contribution in [3.8, 4) is 22.6 Å². The lowest BCUT2D eigenvalue weighted by atomic mass is 9.89. The highest BCUT2D eigenvalue weighted by Crippen LogP contribution is 2.47. The molecule has 27 heavy (non-hydrogen) atoms. The predicted octanol–water partition coefficient (Wildman–Crippen LogP) is 6.44. The lowest BCUT2D eigenvalue weighted by Gasteiger charge is -2.19. The van der Waals surface area contributed by atoms with Crippen molar-refractivity contribution in [2.24, 2.45) is 0 Å². The van der Waals surface area contributed by atoms with Crippen LogP contribution in [0.2, 0.25) is 0 Å². The number of rotatable bonds is 0. The van der Waals surface area contributed by atoms with Crippen LogP contribution in [0.1, 0.15) is 17.5 Å². The van der Waals surface area contributed by atoms with E-state index in [0.717, 1.165) is 29.0 Å². The third kappa shape index (κ3) is 2.56. The van der Waals surface area contributed by atoms with Gasteiger partial charge in [0.2, 0.25) is 0 Å². The monoisotopic (exact) mass is 354 g/mol. The summed E-state index contributed by atoms with van der Waals surface area (Å²) in [6, 6.07) is 21.5. The standard InChI is InChI=1S/C25H22O2/c1-16-14-22-24(20-10-5-3-8-18(16)20)25-21-11-6-4-9-19(21)17(2)15-23(25)27-13-7-12-26-22/h3-6,8-11,14-15H,7,12-13H2,1-2H3. The van der Waals surface area contributed by atoms with Crippen LogP contribution in [0.25, 0.3) is 32.7 Å². The minimum absolute atomic E-state index is 0.662. The topological polar surface area (TPSA) is 18.5 Å². The maximum absolute atomic E-state index is 6.25. The van der Waals surface area contributed by atoms with Crippen molar-refractivity contribution in [2.75, 3.05) is 13.2 Å². The van der Waals surface area contributed by atoms with Crippen molar-refractivity contribution < 1.29 is 9.47 Å². The first kappa shape index (κ1) is 16.2. The highest BCUT2D eigenvalue weighted by molar-refractivity contribution is 6.11. The molecule has 134 valence electrons. The molecule has 2 nitrogen and oxygen atoms in total. The minimum atomic E-state index is 0.662. The van der Waals surface area contributed by atoms with E-state index in [9.17, 15) is 0 Å². The fourth-order valence-corrected chi connectivity index (χ4v) is 4.22. The molecule has 1 aliphatic rings. The van der Waals surface area contributed by atoms with Crippen LogP contribution in [0.5, 0.6) is 11.5 Å². The van der Waals surface area contributed by atoms with Crippen molar-refractivity contribution in [3.05, 3.63) is 71.8 Å². The lowest BCUT2D eigenvalue weighted by Crippen LogP contribution is -2.03. The quantitative estimate of drug-likeness (QED) is 0.362. The second kappa shape index (κ2) is 6.31. The zero-order chi connectivity index (χ0) is 18.4. The van der Waals surface area contributed by atoms with E-state index in [0.29, 0.717) is 13.2 Å². The number of fused-ring (bicyclic) bond motifs is 7. The van der Waals surface area contributed by atoms with E-state index in [2.05, 4.69) is 74.5 Å². The van der Waals surface area contributed by atoms with E-state index in [-0.39, 0.29) is 0 Å². The molecule has 0 bridgehead atoms. The van der Waals surface area contributed by atoms with Crippen LogP contribution < -0.4 is 9.47 Å². The maximum atomic E-state index is 6.25. The zero-order valence-corrected chi connectivity index (χ0v) is 15.7. The summed E-state index contributed by atoms with van der Waals surface area (Å²) in [7, 11) is 0. The summed E-state index contributed by atoms with van der Waals surface area (Å²) in [5, 5.41) is 4.95. The lowest BCUT2D eigenvalue weighted by molar-refractivity contribution is 0.252. The highest BCUT2D eigenvalue weighted by Gasteiger charge is 2.22. The molecule has 0 aromatic heterocycles. The second-order valence-electron chi connectivity index (χ2n) is 7.27. The Labute approximate surface area is 159 Å². The molecule has 0 radical (unpaired) electrons. The summed E-state index contributed by atoms with van der Waals surface area (Å²) in [5.41, 5.74) is 4.76. The van der Waals surface area contributed by atoms with Crippen molar-refractivity contribution >= 4 is 21.5 Å². The average Bonchev–Trinajstić information content (AvgIpc) is 2.77. The average molecular weight is 354 g/mol. The summed E-state index contributed by atoms with van der Waals surface area (Å²) in [5.74, 6) is 1.90. The van der Waals surface area contributed by atoms with Gasteiger partial charge in [-0.15, -0.1) is 0 Å². The Morgan fingerprint density at radius 1 is 0.593 bits per heavy atom. The number of ether oxygens (including phenoxy) is 2. The van der Waals surface area contributed by atoms with Crippen LogP contribution in [0.3, 0.4) is 0 Å². The van der Waals surface area contributed by atoms with Crippen LogP contribution in [-0.4, -0.2) is 13.2 Å².